The highest BCUT2D eigenvalue weighted by atomic mass is 32.1. The van der Waals surface area contributed by atoms with Crippen LogP contribution >= 0.6 is 11.3 Å². The molecule has 0 radical (unpaired) electrons. The number of aromatic hydroxyl groups is 1. The molecule has 8 bridgehead atoms. The van der Waals surface area contributed by atoms with Gasteiger partial charge >= 0.3 is 0 Å². The van der Waals surface area contributed by atoms with Crippen LogP contribution in [0.25, 0.3) is 79.2 Å². The lowest BCUT2D eigenvalue weighted by atomic mass is 10.0. The quantitative estimate of drug-likeness (QED) is 0.0932. The van der Waals surface area contributed by atoms with Gasteiger partial charge < -0.3 is 15.1 Å². The molecule has 0 spiro atoms. The lowest BCUT2D eigenvalue weighted by Gasteiger charge is -2.11. The van der Waals surface area contributed by atoms with Crippen LogP contribution in [0.2, 0.25) is 0 Å². The Balaban J connectivity index is 1.57. The summed E-state index contributed by atoms with van der Waals surface area (Å²) in [6, 6.07) is 3.50. The van der Waals surface area contributed by atoms with Crippen LogP contribution in [0.4, 0.5) is 65.9 Å². The molecule has 2 aliphatic heterocycles. The third-order valence-corrected chi connectivity index (χ3v) is 10.7. The van der Waals surface area contributed by atoms with Gasteiger partial charge in [0.15, 0.2) is 75.6 Å². The molecule has 3 aromatic carbocycles. The summed E-state index contributed by atoms with van der Waals surface area (Å²) in [5.74, 6) is -38.2. The van der Waals surface area contributed by atoms with Gasteiger partial charge in [0, 0.05) is 50.4 Å². The minimum Gasteiger partial charge on any atom is -0.504 e. The number of aromatic nitrogens is 5. The standard InChI is InChI=1S/C41H12F15N5OS/c42-24-21(25(43)31(49)36(54)30(24)48)18-11-1-2-13(58-11)19(22-26(44)32(50)37(55)33(51)27(22)45)14-5-6-16(60-14)40(62)39-10(41-57-7-8-63-41)9-17(61-39)20(15-4-3-12(18)59-15)23-28(46)34(52)38(56)35(53)29(23)47/h1-9,59-60,62H. The number of nitrogens with zero attached hydrogens (tertiary/aromatic N) is 3. The predicted octanol–water partition coefficient (Wildman–Crippen LogP) is 12.3. The summed E-state index contributed by atoms with van der Waals surface area (Å²) < 4.78 is 227. The van der Waals surface area contributed by atoms with Crippen molar-refractivity contribution in [3.05, 3.63) is 151 Å². The molecule has 0 saturated heterocycles. The molecule has 6 nitrogen and oxygen atoms in total. The summed E-state index contributed by atoms with van der Waals surface area (Å²) in [6.45, 7) is 0. The van der Waals surface area contributed by atoms with Crippen LogP contribution in [-0.2, 0) is 0 Å². The average molecular weight is 908 g/mol. The van der Waals surface area contributed by atoms with Gasteiger partial charge in [-0.2, -0.15) is 0 Å². The molecular formula is C41H12F15N5OS. The van der Waals surface area contributed by atoms with Crippen LogP contribution < -0.4 is 0 Å². The van der Waals surface area contributed by atoms with Crippen LogP contribution in [0.3, 0.4) is 0 Å². The van der Waals surface area contributed by atoms with E-state index in [-0.39, 0.29) is 10.6 Å². The van der Waals surface area contributed by atoms with Gasteiger partial charge in [0.25, 0.3) is 0 Å². The molecule has 4 aromatic heterocycles. The van der Waals surface area contributed by atoms with Crippen molar-refractivity contribution in [3.8, 4) is 39.1 Å². The van der Waals surface area contributed by atoms with Gasteiger partial charge in [-0.3, -0.25) is 0 Å². The van der Waals surface area contributed by atoms with Gasteiger partial charge in [0.1, 0.15) is 10.7 Å². The molecule has 0 aliphatic carbocycles. The third kappa shape index (κ3) is 6.02. The van der Waals surface area contributed by atoms with Crippen molar-refractivity contribution < 1.29 is 71.0 Å². The van der Waals surface area contributed by atoms with Crippen molar-refractivity contribution >= 4 is 57.2 Å². The zero-order valence-corrected chi connectivity index (χ0v) is 30.9. The van der Waals surface area contributed by atoms with E-state index in [0.717, 1.165) is 53.8 Å². The van der Waals surface area contributed by atoms with Crippen molar-refractivity contribution in [3.63, 3.8) is 0 Å². The van der Waals surface area contributed by atoms with E-state index in [1.807, 2.05) is 0 Å². The summed E-state index contributed by atoms with van der Waals surface area (Å²) in [6.07, 6.45) is 3.75. The number of aromatic amines is 2. The lowest BCUT2D eigenvalue weighted by Crippen LogP contribution is -2.06. The lowest BCUT2D eigenvalue weighted by molar-refractivity contribution is 0.381. The Morgan fingerprint density at radius 2 is 0.762 bits per heavy atom. The topological polar surface area (TPSA) is 90.5 Å². The van der Waals surface area contributed by atoms with Gasteiger partial charge in [0.2, 0.25) is 17.5 Å². The molecule has 7 aromatic rings. The maximum Gasteiger partial charge on any atom is 0.200 e. The molecule has 2 aliphatic rings. The second-order valence-corrected chi connectivity index (χ2v) is 14.2. The molecule has 9 rings (SSSR count). The number of nitrogens with one attached hydrogen (secondary N) is 2. The Morgan fingerprint density at radius 3 is 1.14 bits per heavy atom. The fourth-order valence-corrected chi connectivity index (χ4v) is 7.71. The number of hydrogen-bond donors (Lipinski definition) is 3. The second-order valence-electron chi connectivity index (χ2n) is 13.3. The number of fused-ring (bicyclic) bond motifs is 8. The van der Waals surface area contributed by atoms with Crippen LogP contribution in [0.15, 0.2) is 35.8 Å². The highest BCUT2D eigenvalue weighted by Crippen LogP contribution is 2.45. The second kappa shape index (κ2) is 14.6. The fourth-order valence-electron chi connectivity index (χ4n) is 7.06. The van der Waals surface area contributed by atoms with E-state index in [1.165, 1.54) is 11.6 Å². The van der Waals surface area contributed by atoms with Crippen LogP contribution in [-0.4, -0.2) is 30.0 Å². The number of thiazole rings is 1. The van der Waals surface area contributed by atoms with Crippen molar-refractivity contribution in [2.75, 3.05) is 0 Å². The summed E-state index contributed by atoms with van der Waals surface area (Å²) in [5, 5.41) is 13.1. The number of hydrogen-bond acceptors (Lipinski definition) is 5. The maximum atomic E-state index is 15.8. The fraction of sp³-hybridized carbons (Fsp3) is 0. The number of benzene rings is 3. The summed E-state index contributed by atoms with van der Waals surface area (Å²) >= 11 is 0.881. The first kappa shape index (κ1) is 41.0. The van der Waals surface area contributed by atoms with Crippen molar-refractivity contribution in [2.45, 2.75) is 0 Å². The van der Waals surface area contributed by atoms with E-state index in [4.69, 9.17) is 0 Å². The molecule has 0 unspecified atom stereocenters. The minimum atomic E-state index is -2.63. The van der Waals surface area contributed by atoms with Crippen LogP contribution in [0.1, 0.15) is 27.8 Å². The first-order chi connectivity index (χ1) is 29.9. The monoisotopic (exact) mass is 907 g/mol. The highest BCUT2D eigenvalue weighted by Gasteiger charge is 2.34. The average Bonchev–Trinajstić information content (AvgIpc) is 4.14. The van der Waals surface area contributed by atoms with Crippen LogP contribution in [0, 0.1) is 87.3 Å². The first-order valence-corrected chi connectivity index (χ1v) is 18.1. The van der Waals surface area contributed by atoms with E-state index in [9.17, 15) is 44.6 Å². The van der Waals surface area contributed by atoms with E-state index >= 15 is 26.3 Å². The normalized spacial score (nSPS) is 12.5. The Hall–Kier alpha value is -7.36. The van der Waals surface area contributed by atoms with Crippen molar-refractivity contribution in [2.24, 2.45) is 0 Å². The van der Waals surface area contributed by atoms with Gasteiger partial charge in [-0.1, -0.05) is 0 Å². The molecule has 0 saturated carbocycles. The maximum absolute atomic E-state index is 15.8. The molecule has 3 N–H and O–H groups in total. The zero-order valence-electron chi connectivity index (χ0n) is 30.1. The van der Waals surface area contributed by atoms with Gasteiger partial charge in [-0.25, -0.2) is 80.8 Å². The molecule has 0 atom stereocenters. The summed E-state index contributed by atoms with van der Waals surface area (Å²) in [5.41, 5.74) is -13.9. The molecule has 0 amide bonds. The molecule has 0 fully saturated rings. The Morgan fingerprint density at radius 1 is 0.413 bits per heavy atom. The zero-order chi connectivity index (χ0) is 45.1. The van der Waals surface area contributed by atoms with E-state index in [0.29, 0.717) is 0 Å². The molecule has 6 heterocycles. The molecule has 63 heavy (non-hydrogen) atoms. The predicted molar refractivity (Wildman–Crippen MR) is 196 cm³/mol. The van der Waals surface area contributed by atoms with Crippen LogP contribution in [0.5, 0.6) is 5.75 Å². The van der Waals surface area contributed by atoms with E-state index in [2.05, 4.69) is 24.9 Å². The van der Waals surface area contributed by atoms with E-state index < -0.39 is 171 Å². The van der Waals surface area contributed by atoms with Crippen molar-refractivity contribution in [1.82, 2.24) is 24.9 Å². The summed E-state index contributed by atoms with van der Waals surface area (Å²) in [7, 11) is 0. The minimum absolute atomic E-state index is 0.00674. The van der Waals surface area contributed by atoms with E-state index in [1.54, 1.807) is 0 Å². The largest absolute Gasteiger partial charge is 0.504 e. The molecule has 22 heteroatoms. The molecule has 318 valence electrons. The highest BCUT2D eigenvalue weighted by molar-refractivity contribution is 7.10. The smallest absolute Gasteiger partial charge is 0.200 e. The molecular weight excluding hydrogens is 896 g/mol. The number of halogens is 15. The van der Waals surface area contributed by atoms with Gasteiger partial charge in [-0.15, -0.1) is 11.3 Å². The van der Waals surface area contributed by atoms with Gasteiger partial charge in [0.05, 0.1) is 39.3 Å². The Kier molecular flexibility index (Phi) is 9.53. The Labute approximate surface area is 342 Å². The number of rotatable bonds is 4. The van der Waals surface area contributed by atoms with Crippen molar-refractivity contribution in [1.29, 1.82) is 0 Å². The van der Waals surface area contributed by atoms with Gasteiger partial charge in [-0.05, 0) is 42.5 Å². The number of H-pyrrole nitrogens is 2. The third-order valence-electron chi connectivity index (χ3n) is 9.88. The Bertz CT molecular complexity index is 3350. The summed E-state index contributed by atoms with van der Waals surface area (Å²) in [4.78, 5) is 17.3. The first-order valence-electron chi connectivity index (χ1n) is 17.3. The SMILES string of the molecule is Oc1c2nc(c(-c3c(F)c(F)c(F)c(F)c3F)c3ccc([nH]3)c(-c3c(F)c(F)c(F)c(F)c3F)c3nc(c(-c4c(F)c(F)c(F)c(F)c4F)c4ccc1[nH]4)C=C3)C=C2c1nccs1.